The predicted molar refractivity (Wildman–Crippen MR) is 141 cm³/mol. The Morgan fingerprint density at radius 1 is 1.20 bits per heavy atom. The summed E-state index contributed by atoms with van der Waals surface area (Å²) < 4.78 is 59.0. The fraction of sp³-hybridized carbons (Fsp3) is 0.440. The normalized spacial score (nSPS) is 18.1. The summed E-state index contributed by atoms with van der Waals surface area (Å²) in [6, 6.07) is 7.42. The second-order valence-corrected chi connectivity index (χ2v) is 11.8. The molecule has 4 rings (SSSR count). The first-order chi connectivity index (χ1) is 18.6. The Labute approximate surface area is 229 Å². The van der Waals surface area contributed by atoms with Crippen molar-refractivity contribution in [1.82, 2.24) is 4.90 Å². The van der Waals surface area contributed by atoms with Crippen molar-refractivity contribution in [3.05, 3.63) is 57.9 Å². The predicted octanol–water partition coefficient (Wildman–Crippen LogP) is 3.61. The fourth-order valence-electron chi connectivity index (χ4n) is 4.61. The quantitative estimate of drug-likeness (QED) is 0.304. The summed E-state index contributed by atoms with van der Waals surface area (Å²) in [5.74, 6) is -0.605. The zero-order chi connectivity index (χ0) is 29.4. The third kappa shape index (κ3) is 6.42. The number of hydrogen-bond donors (Lipinski definition) is 1. The summed E-state index contributed by atoms with van der Waals surface area (Å²) in [4.78, 5) is 39.4. The fourth-order valence-corrected chi connectivity index (χ4v) is 5.36. The second kappa shape index (κ2) is 10.9. The first kappa shape index (κ1) is 29.0. The highest BCUT2D eigenvalue weighted by Gasteiger charge is 2.36. The minimum absolute atomic E-state index is 0.136. The number of rotatable bonds is 6. The van der Waals surface area contributed by atoms with Gasteiger partial charge in [0.1, 0.15) is 22.4 Å². The lowest BCUT2D eigenvalue weighted by Gasteiger charge is -2.37. The second-order valence-electron chi connectivity index (χ2n) is 10.4. The van der Waals surface area contributed by atoms with Crippen LogP contribution in [0.5, 0.6) is 0 Å². The number of benzene rings is 2. The zero-order valence-corrected chi connectivity index (χ0v) is 22.9. The van der Waals surface area contributed by atoms with E-state index in [4.69, 9.17) is 9.47 Å². The van der Waals surface area contributed by atoms with Crippen LogP contribution in [0.3, 0.4) is 0 Å². The number of nitrogens with zero attached hydrogens (tertiary/aromatic N) is 4. The molecule has 0 saturated carbocycles. The Hall–Kier alpha value is -3.98. The summed E-state index contributed by atoms with van der Waals surface area (Å²) in [6.07, 6.45) is -2.64. The number of ether oxygens (including phenoxy) is 2. The average Bonchev–Trinajstić information content (AvgIpc) is 3.22. The van der Waals surface area contributed by atoms with Crippen molar-refractivity contribution in [3.63, 3.8) is 0 Å². The monoisotopic (exact) mass is 580 g/mol. The van der Waals surface area contributed by atoms with E-state index >= 15 is 4.39 Å². The number of amides is 2. The molecule has 1 atom stereocenters. The topological polar surface area (TPSA) is 160 Å². The van der Waals surface area contributed by atoms with Gasteiger partial charge >= 0.3 is 12.2 Å². The van der Waals surface area contributed by atoms with Crippen LogP contribution in [-0.4, -0.2) is 79.4 Å². The average molecular weight is 581 g/mol. The van der Waals surface area contributed by atoms with Crippen molar-refractivity contribution in [1.29, 1.82) is 0 Å². The molecule has 2 saturated heterocycles. The minimum atomic E-state index is -4.79. The van der Waals surface area contributed by atoms with Crippen molar-refractivity contribution in [2.24, 2.45) is 0 Å². The van der Waals surface area contributed by atoms with Gasteiger partial charge in [-0.05, 0) is 45.0 Å². The number of nitro benzene ring substituents is 1. The summed E-state index contributed by atoms with van der Waals surface area (Å²) in [7, 11) is -4.79. The van der Waals surface area contributed by atoms with Crippen LogP contribution in [0.15, 0.2) is 41.3 Å². The van der Waals surface area contributed by atoms with Crippen molar-refractivity contribution in [3.8, 4) is 0 Å². The van der Waals surface area contributed by atoms with Crippen molar-refractivity contribution in [2.45, 2.75) is 43.8 Å². The molecule has 0 unspecified atom stereocenters. The van der Waals surface area contributed by atoms with E-state index in [2.05, 4.69) is 0 Å². The van der Waals surface area contributed by atoms with Gasteiger partial charge in [0, 0.05) is 38.7 Å². The molecule has 2 heterocycles. The van der Waals surface area contributed by atoms with Crippen LogP contribution in [0.1, 0.15) is 26.3 Å². The van der Waals surface area contributed by atoms with Gasteiger partial charge in [0.05, 0.1) is 28.4 Å². The van der Waals surface area contributed by atoms with Crippen LogP contribution >= 0.6 is 0 Å². The van der Waals surface area contributed by atoms with Crippen LogP contribution < -0.4 is 9.80 Å². The summed E-state index contributed by atoms with van der Waals surface area (Å²) >= 11 is 0. The molecule has 2 aromatic rings. The maximum Gasteiger partial charge on any atom is 0.414 e. The van der Waals surface area contributed by atoms with E-state index < -0.39 is 55.3 Å². The number of hydrogen-bond acceptors (Lipinski definition) is 9. The third-order valence-electron chi connectivity index (χ3n) is 6.40. The van der Waals surface area contributed by atoms with Crippen LogP contribution in [0.2, 0.25) is 0 Å². The molecule has 2 fully saturated rings. The van der Waals surface area contributed by atoms with Crippen LogP contribution in [0.4, 0.5) is 31.0 Å². The summed E-state index contributed by atoms with van der Waals surface area (Å²) in [6.45, 7) is 6.62. The number of nitro groups is 1. The van der Waals surface area contributed by atoms with E-state index in [0.29, 0.717) is 26.2 Å². The molecular formula is C25H29FN4O9S. The molecule has 0 bridgehead atoms. The number of cyclic esters (lactones) is 1. The Balaban J connectivity index is 1.45. The van der Waals surface area contributed by atoms with Gasteiger partial charge in [-0.25, -0.2) is 14.0 Å². The first-order valence-corrected chi connectivity index (χ1v) is 13.8. The molecule has 2 amide bonds. The molecule has 2 aliphatic rings. The first-order valence-electron chi connectivity index (χ1n) is 12.4. The molecule has 2 aromatic carbocycles. The van der Waals surface area contributed by atoms with Gasteiger partial charge in [-0.2, -0.15) is 8.42 Å². The SMILES string of the molecule is CC(C)(C)OC(=O)N1CCN(c2ccc(N3C[C@H](Cc4c([N+](=O)[O-])cccc4S(=O)(=O)O)OC3=O)cc2F)CC1. The standard InChI is InChI=1S/C25H29FN4O9S/c1-25(2,3)39-23(31)28-11-9-27(10-12-28)21-8-7-16(13-19(21)26)29-15-17(38-24(29)32)14-18-20(30(33)34)5-4-6-22(18)40(35,36)37/h4-8,13,17H,9-12,14-15H2,1-3H3,(H,35,36,37)/t17-/m0/s1. The van der Waals surface area contributed by atoms with E-state index in [-0.39, 0.29) is 29.9 Å². The highest BCUT2D eigenvalue weighted by molar-refractivity contribution is 7.85. The van der Waals surface area contributed by atoms with Crippen molar-refractivity contribution in [2.75, 3.05) is 42.5 Å². The largest absolute Gasteiger partial charge is 0.444 e. The molecule has 13 nitrogen and oxygen atoms in total. The number of anilines is 2. The molecule has 0 aliphatic carbocycles. The maximum absolute atomic E-state index is 15.2. The lowest BCUT2D eigenvalue weighted by atomic mass is 10.1. The summed E-state index contributed by atoms with van der Waals surface area (Å²) in [5.41, 5.74) is -1.01. The molecule has 0 radical (unpaired) electrons. The van der Waals surface area contributed by atoms with E-state index in [1.165, 1.54) is 12.1 Å². The Morgan fingerprint density at radius 2 is 1.88 bits per heavy atom. The van der Waals surface area contributed by atoms with Gasteiger partial charge in [0.15, 0.2) is 0 Å². The Bertz CT molecular complexity index is 1440. The lowest BCUT2D eigenvalue weighted by molar-refractivity contribution is -0.385. The van der Waals surface area contributed by atoms with Gasteiger partial charge in [0.25, 0.3) is 15.8 Å². The van der Waals surface area contributed by atoms with Crippen LogP contribution in [0.25, 0.3) is 0 Å². The van der Waals surface area contributed by atoms with Crippen LogP contribution in [-0.2, 0) is 26.0 Å². The molecule has 40 heavy (non-hydrogen) atoms. The Morgan fingerprint density at radius 3 is 2.45 bits per heavy atom. The van der Waals surface area contributed by atoms with E-state index in [9.17, 15) is 32.7 Å². The van der Waals surface area contributed by atoms with E-state index in [1.54, 1.807) is 30.6 Å². The highest BCUT2D eigenvalue weighted by Crippen LogP contribution is 2.32. The van der Waals surface area contributed by atoms with E-state index in [1.807, 2.05) is 0 Å². The highest BCUT2D eigenvalue weighted by atomic mass is 32.2. The van der Waals surface area contributed by atoms with Crippen molar-refractivity contribution >= 4 is 39.4 Å². The lowest BCUT2D eigenvalue weighted by Crippen LogP contribution is -2.50. The number of piperazine rings is 1. The smallest absolute Gasteiger partial charge is 0.414 e. The number of carbonyl (C=O) groups excluding carboxylic acids is 2. The number of halogens is 1. The van der Waals surface area contributed by atoms with E-state index in [0.717, 1.165) is 29.2 Å². The summed E-state index contributed by atoms with van der Waals surface area (Å²) in [5, 5.41) is 11.5. The molecule has 0 spiro atoms. The molecule has 1 N–H and O–H groups in total. The molecule has 0 aromatic heterocycles. The third-order valence-corrected chi connectivity index (χ3v) is 7.34. The maximum atomic E-state index is 15.2. The Kier molecular flexibility index (Phi) is 7.90. The van der Waals surface area contributed by atoms with Crippen molar-refractivity contribution < 1.29 is 41.3 Å². The van der Waals surface area contributed by atoms with Gasteiger partial charge in [-0.15, -0.1) is 0 Å². The van der Waals surface area contributed by atoms with Gasteiger partial charge < -0.3 is 19.3 Å². The minimum Gasteiger partial charge on any atom is -0.444 e. The molecular weight excluding hydrogens is 551 g/mol. The molecule has 15 heteroatoms. The van der Waals surface area contributed by atoms with Gasteiger partial charge in [0.2, 0.25) is 0 Å². The molecule has 2 aliphatic heterocycles. The van der Waals surface area contributed by atoms with Gasteiger partial charge in [-0.1, -0.05) is 6.07 Å². The zero-order valence-electron chi connectivity index (χ0n) is 22.1. The number of carbonyl (C=O) groups is 2. The molecule has 216 valence electrons. The van der Waals surface area contributed by atoms with Gasteiger partial charge in [-0.3, -0.25) is 19.6 Å². The van der Waals surface area contributed by atoms with Crippen LogP contribution in [0, 0.1) is 15.9 Å².